The van der Waals surface area contributed by atoms with E-state index >= 15 is 0 Å². The third-order valence-corrected chi connectivity index (χ3v) is 3.58. The molecular formula is C17H24F3N3O2. The molecule has 0 saturated carbocycles. The topological polar surface area (TPSA) is 78.6 Å². The number of nitrogens with one attached hydrogen (secondary N) is 1. The number of allylic oxidation sites excluding steroid dienone is 1. The lowest BCUT2D eigenvalue weighted by Crippen LogP contribution is -2.44. The molecule has 0 spiro atoms. The summed E-state index contributed by atoms with van der Waals surface area (Å²) in [5, 5.41) is 11.2. The van der Waals surface area contributed by atoms with Crippen LogP contribution in [0.25, 0.3) is 0 Å². The minimum Gasteiger partial charge on any atom is -0.478 e. The van der Waals surface area contributed by atoms with Crippen molar-refractivity contribution in [2.24, 2.45) is 5.73 Å². The number of carboxylic acids is 1. The monoisotopic (exact) mass is 359 g/mol. The summed E-state index contributed by atoms with van der Waals surface area (Å²) >= 11 is 0. The number of hydrogen-bond donors (Lipinski definition) is 3. The second-order valence-electron chi connectivity index (χ2n) is 5.72. The summed E-state index contributed by atoms with van der Waals surface area (Å²) in [7, 11) is 0. The molecule has 0 unspecified atom stereocenters. The third-order valence-electron chi connectivity index (χ3n) is 3.58. The van der Waals surface area contributed by atoms with Gasteiger partial charge in [0.2, 0.25) is 0 Å². The van der Waals surface area contributed by atoms with Crippen molar-refractivity contribution in [1.29, 1.82) is 0 Å². The highest BCUT2D eigenvalue weighted by atomic mass is 19.4. The number of rotatable bonds is 4. The largest absolute Gasteiger partial charge is 0.478 e. The molecule has 1 aromatic rings. The van der Waals surface area contributed by atoms with Crippen LogP contribution in [0.5, 0.6) is 0 Å². The number of carboxylic acid groups (broad SMARTS) is 1. The van der Waals surface area contributed by atoms with Gasteiger partial charge in [-0.25, -0.2) is 4.79 Å². The van der Waals surface area contributed by atoms with Crippen molar-refractivity contribution in [3.63, 3.8) is 0 Å². The van der Waals surface area contributed by atoms with Gasteiger partial charge in [-0.15, -0.1) is 0 Å². The zero-order valence-electron chi connectivity index (χ0n) is 14.1. The Balaban J connectivity index is 0.000000381. The number of benzene rings is 1. The van der Waals surface area contributed by atoms with Crippen molar-refractivity contribution >= 4 is 5.97 Å². The van der Waals surface area contributed by atoms with Crippen LogP contribution in [0.1, 0.15) is 18.1 Å². The van der Waals surface area contributed by atoms with E-state index in [-0.39, 0.29) is 0 Å². The summed E-state index contributed by atoms with van der Waals surface area (Å²) in [5.41, 5.74) is 5.18. The maximum absolute atomic E-state index is 12.8. The molecular weight excluding hydrogens is 335 g/mol. The number of alkyl halides is 3. The molecule has 1 saturated heterocycles. The molecule has 1 aliphatic rings. The molecule has 1 aromatic carbocycles. The summed E-state index contributed by atoms with van der Waals surface area (Å²) < 4.78 is 38.4. The predicted octanol–water partition coefficient (Wildman–Crippen LogP) is 2.09. The fourth-order valence-electron chi connectivity index (χ4n) is 2.42. The van der Waals surface area contributed by atoms with Crippen LogP contribution in [0.4, 0.5) is 13.2 Å². The van der Waals surface area contributed by atoms with Crippen molar-refractivity contribution in [1.82, 2.24) is 10.2 Å². The van der Waals surface area contributed by atoms with Crippen LogP contribution in [0.15, 0.2) is 36.0 Å². The van der Waals surface area contributed by atoms with Crippen LogP contribution in [0.3, 0.4) is 0 Å². The average Bonchev–Trinajstić information content (AvgIpc) is 2.52. The second-order valence-corrected chi connectivity index (χ2v) is 5.72. The van der Waals surface area contributed by atoms with Crippen molar-refractivity contribution < 1.29 is 23.1 Å². The van der Waals surface area contributed by atoms with Crippen molar-refractivity contribution in [3.8, 4) is 0 Å². The molecule has 0 atom stereocenters. The zero-order valence-corrected chi connectivity index (χ0v) is 14.1. The molecule has 0 bridgehead atoms. The van der Waals surface area contributed by atoms with E-state index in [1.54, 1.807) is 12.1 Å². The molecule has 1 fully saturated rings. The normalized spacial score (nSPS) is 16.1. The van der Waals surface area contributed by atoms with E-state index in [0.29, 0.717) is 24.2 Å². The number of halogens is 3. The summed E-state index contributed by atoms with van der Waals surface area (Å²) in [4.78, 5) is 11.9. The second kappa shape index (κ2) is 10.0. The highest BCUT2D eigenvalue weighted by Crippen LogP contribution is 2.32. The standard InChI is InChI=1S/C13H17F3N2.C4H7NO2/c14-13(15,16)12-4-2-1-3-11(12)5-8-18-9-6-17-7-10-18;1-3(5)2-4(6)7/h1-4,17H,5-10H2;2H,5H2,1H3,(H,6,7). The smallest absolute Gasteiger partial charge is 0.416 e. The Morgan fingerprint density at radius 3 is 2.40 bits per heavy atom. The van der Waals surface area contributed by atoms with E-state index in [1.807, 2.05) is 0 Å². The Labute approximate surface area is 145 Å². The SMILES string of the molecule is CC(N)=CC(=O)O.FC(F)(F)c1ccccc1CCN1CCNCC1. The first-order valence-electron chi connectivity index (χ1n) is 7.95. The molecule has 0 radical (unpaired) electrons. The average molecular weight is 359 g/mol. The third kappa shape index (κ3) is 8.55. The minimum atomic E-state index is -4.25. The van der Waals surface area contributed by atoms with Crippen LogP contribution < -0.4 is 11.1 Å². The van der Waals surface area contributed by atoms with Gasteiger partial charge in [0.05, 0.1) is 5.56 Å². The van der Waals surface area contributed by atoms with Gasteiger partial charge in [-0.2, -0.15) is 13.2 Å². The van der Waals surface area contributed by atoms with Gasteiger partial charge >= 0.3 is 12.1 Å². The molecule has 0 aliphatic carbocycles. The molecule has 0 amide bonds. The van der Waals surface area contributed by atoms with Gasteiger partial charge < -0.3 is 21.1 Å². The number of hydrogen-bond acceptors (Lipinski definition) is 4. The molecule has 2 rings (SSSR count). The van der Waals surface area contributed by atoms with Crippen LogP contribution in [-0.2, 0) is 17.4 Å². The van der Waals surface area contributed by atoms with E-state index in [2.05, 4.69) is 10.2 Å². The van der Waals surface area contributed by atoms with E-state index in [0.717, 1.165) is 38.3 Å². The van der Waals surface area contributed by atoms with Crippen LogP contribution in [-0.4, -0.2) is 48.7 Å². The Morgan fingerprint density at radius 1 is 1.32 bits per heavy atom. The van der Waals surface area contributed by atoms with Crippen LogP contribution in [0, 0.1) is 0 Å². The van der Waals surface area contributed by atoms with Gasteiger partial charge in [0.25, 0.3) is 0 Å². The first kappa shape index (κ1) is 21.0. The fraction of sp³-hybridized carbons (Fsp3) is 0.471. The molecule has 4 N–H and O–H groups in total. The van der Waals surface area contributed by atoms with Gasteiger partial charge in [0, 0.05) is 44.5 Å². The fourth-order valence-corrected chi connectivity index (χ4v) is 2.42. The summed E-state index contributed by atoms with van der Waals surface area (Å²) in [6.45, 7) is 5.87. The quantitative estimate of drug-likeness (QED) is 0.718. The number of aliphatic carboxylic acids is 1. The number of nitrogens with zero attached hydrogens (tertiary/aromatic N) is 1. The molecule has 5 nitrogen and oxygen atoms in total. The Kier molecular flexibility index (Phi) is 8.44. The highest BCUT2D eigenvalue weighted by molar-refractivity contribution is 5.80. The summed E-state index contributed by atoms with van der Waals surface area (Å²) in [5.74, 6) is -1.000. The van der Waals surface area contributed by atoms with E-state index in [9.17, 15) is 18.0 Å². The van der Waals surface area contributed by atoms with Gasteiger partial charge in [0.15, 0.2) is 0 Å². The first-order valence-corrected chi connectivity index (χ1v) is 7.95. The molecule has 140 valence electrons. The molecule has 25 heavy (non-hydrogen) atoms. The van der Waals surface area contributed by atoms with Gasteiger partial charge in [-0.3, -0.25) is 0 Å². The first-order chi connectivity index (χ1) is 11.7. The Hall–Kier alpha value is -2.06. The molecule has 1 aliphatic heterocycles. The van der Waals surface area contributed by atoms with Gasteiger partial charge in [0.1, 0.15) is 0 Å². The lowest BCUT2D eigenvalue weighted by atomic mass is 10.0. The number of carbonyl (C=O) groups is 1. The van der Waals surface area contributed by atoms with E-state index < -0.39 is 17.7 Å². The summed E-state index contributed by atoms with van der Waals surface area (Å²) in [6, 6.07) is 5.84. The number of piperazine rings is 1. The molecule has 1 heterocycles. The maximum Gasteiger partial charge on any atom is 0.416 e. The molecule has 0 aromatic heterocycles. The minimum absolute atomic E-state index is 0.313. The van der Waals surface area contributed by atoms with Crippen LogP contribution >= 0.6 is 0 Å². The zero-order chi connectivity index (χ0) is 18.9. The van der Waals surface area contributed by atoms with E-state index in [4.69, 9.17) is 10.8 Å². The number of nitrogens with two attached hydrogens (primary N) is 1. The van der Waals surface area contributed by atoms with Crippen molar-refractivity contribution in [3.05, 3.63) is 47.2 Å². The van der Waals surface area contributed by atoms with E-state index in [1.165, 1.54) is 13.0 Å². The van der Waals surface area contributed by atoms with Crippen LogP contribution in [0.2, 0.25) is 0 Å². The lowest BCUT2D eigenvalue weighted by molar-refractivity contribution is -0.138. The highest BCUT2D eigenvalue weighted by Gasteiger charge is 2.32. The van der Waals surface area contributed by atoms with Gasteiger partial charge in [-0.1, -0.05) is 18.2 Å². The molecule has 8 heteroatoms. The van der Waals surface area contributed by atoms with Crippen molar-refractivity contribution in [2.75, 3.05) is 32.7 Å². The maximum atomic E-state index is 12.8. The lowest BCUT2D eigenvalue weighted by Gasteiger charge is -2.27. The Morgan fingerprint density at radius 2 is 1.92 bits per heavy atom. The Bertz CT molecular complexity index is 579. The van der Waals surface area contributed by atoms with Gasteiger partial charge in [-0.05, 0) is 25.0 Å². The predicted molar refractivity (Wildman–Crippen MR) is 90.0 cm³/mol. The summed E-state index contributed by atoms with van der Waals surface area (Å²) in [6.07, 6.45) is -2.85. The van der Waals surface area contributed by atoms with Crippen molar-refractivity contribution in [2.45, 2.75) is 19.5 Å².